The molecule has 0 atom stereocenters. The second-order valence-electron chi connectivity index (χ2n) is 7.81. The Kier molecular flexibility index (Phi) is 4.24. The van der Waals surface area contributed by atoms with E-state index in [1.54, 1.807) is 0 Å². The first-order valence-corrected chi connectivity index (χ1v) is 10.6. The molecule has 0 aromatic heterocycles. The molecule has 0 saturated heterocycles. The number of phenolic OH excluding ortho intramolecular Hbond substituents is 2. The van der Waals surface area contributed by atoms with Gasteiger partial charge >= 0.3 is 0 Å². The van der Waals surface area contributed by atoms with Gasteiger partial charge in [-0.1, -0.05) is 48.5 Å². The summed E-state index contributed by atoms with van der Waals surface area (Å²) in [7, 11) is 0. The first-order chi connectivity index (χ1) is 15.7. The molecule has 2 aliphatic heterocycles. The molecule has 4 aromatic carbocycles. The first kappa shape index (κ1) is 18.7. The number of ether oxygens (including phenoxy) is 2. The zero-order valence-electron chi connectivity index (χ0n) is 17.2. The van der Waals surface area contributed by atoms with Crippen molar-refractivity contribution in [3.05, 3.63) is 71.8 Å². The summed E-state index contributed by atoms with van der Waals surface area (Å²) >= 11 is 0. The zero-order chi connectivity index (χ0) is 21.7. The molecule has 6 heteroatoms. The predicted octanol–water partition coefficient (Wildman–Crippen LogP) is 4.62. The maximum absolute atomic E-state index is 11.5. The number of hydrogen-bond acceptors (Lipinski definition) is 6. The maximum Gasteiger partial charge on any atom is 0.220 e. The summed E-state index contributed by atoms with van der Waals surface area (Å²) in [6.45, 7) is 2.07. The predicted molar refractivity (Wildman–Crippen MR) is 125 cm³/mol. The van der Waals surface area contributed by atoms with Crippen molar-refractivity contribution in [2.24, 2.45) is 9.98 Å². The van der Waals surface area contributed by atoms with Crippen molar-refractivity contribution in [3.8, 4) is 22.6 Å². The SMILES string of the molecule is Oc1c(C2=NCCO2)cc2ccccc2c1-c1c(O)c(C2=NCCO2)cc2ccccc12. The fourth-order valence-electron chi connectivity index (χ4n) is 4.50. The lowest BCUT2D eigenvalue weighted by atomic mass is 9.88. The van der Waals surface area contributed by atoms with Crippen LogP contribution in [0.5, 0.6) is 11.5 Å². The van der Waals surface area contributed by atoms with Crippen LogP contribution in [0, 0.1) is 0 Å². The molecule has 0 bridgehead atoms. The second-order valence-corrected chi connectivity index (χ2v) is 7.81. The normalized spacial score (nSPS) is 15.5. The maximum atomic E-state index is 11.5. The average molecular weight is 424 g/mol. The van der Waals surface area contributed by atoms with Gasteiger partial charge in [0.25, 0.3) is 0 Å². The second kappa shape index (κ2) is 7.27. The van der Waals surface area contributed by atoms with Gasteiger partial charge in [0.2, 0.25) is 11.8 Å². The molecule has 0 saturated carbocycles. The largest absolute Gasteiger partial charge is 0.506 e. The lowest BCUT2D eigenvalue weighted by Gasteiger charge is -2.18. The Morgan fingerprint density at radius 1 is 0.625 bits per heavy atom. The summed E-state index contributed by atoms with van der Waals surface area (Å²) in [5, 5.41) is 26.5. The number of aromatic hydroxyl groups is 2. The Labute approximate surface area is 184 Å². The minimum absolute atomic E-state index is 0.0243. The fraction of sp³-hybridized carbons (Fsp3) is 0.154. The van der Waals surface area contributed by atoms with Gasteiger partial charge in [0.1, 0.15) is 24.7 Å². The van der Waals surface area contributed by atoms with Crippen LogP contribution in [0.2, 0.25) is 0 Å². The lowest BCUT2D eigenvalue weighted by molar-refractivity contribution is 0.346. The summed E-state index contributed by atoms with van der Waals surface area (Å²) < 4.78 is 11.3. The van der Waals surface area contributed by atoms with E-state index >= 15 is 0 Å². The molecule has 0 fully saturated rings. The molecule has 4 aromatic rings. The van der Waals surface area contributed by atoms with Gasteiger partial charge in [-0.05, 0) is 33.7 Å². The van der Waals surface area contributed by atoms with Crippen molar-refractivity contribution in [2.45, 2.75) is 0 Å². The van der Waals surface area contributed by atoms with E-state index in [4.69, 9.17) is 9.47 Å². The van der Waals surface area contributed by atoms with E-state index in [1.807, 2.05) is 60.7 Å². The molecule has 2 heterocycles. The van der Waals surface area contributed by atoms with E-state index in [0.717, 1.165) is 21.5 Å². The molecule has 158 valence electrons. The number of phenols is 2. The minimum atomic E-state index is 0.0243. The molecule has 2 N–H and O–H groups in total. The Hall–Kier alpha value is -4.06. The highest BCUT2D eigenvalue weighted by atomic mass is 16.5. The van der Waals surface area contributed by atoms with Crippen LogP contribution in [0.25, 0.3) is 32.7 Å². The summed E-state index contributed by atoms with van der Waals surface area (Å²) in [5.41, 5.74) is 2.09. The van der Waals surface area contributed by atoms with Crippen LogP contribution in [-0.4, -0.2) is 48.3 Å². The monoisotopic (exact) mass is 424 g/mol. The van der Waals surface area contributed by atoms with Gasteiger partial charge in [-0.2, -0.15) is 0 Å². The lowest BCUT2D eigenvalue weighted by Crippen LogP contribution is -2.05. The van der Waals surface area contributed by atoms with Crippen LogP contribution >= 0.6 is 0 Å². The molecule has 6 rings (SSSR count). The van der Waals surface area contributed by atoms with E-state index in [1.165, 1.54) is 0 Å². The van der Waals surface area contributed by atoms with Gasteiger partial charge in [-0.25, -0.2) is 9.98 Å². The van der Waals surface area contributed by atoms with E-state index in [-0.39, 0.29) is 11.5 Å². The zero-order valence-corrected chi connectivity index (χ0v) is 17.2. The third-order valence-corrected chi connectivity index (χ3v) is 5.93. The summed E-state index contributed by atoms with van der Waals surface area (Å²) in [6.07, 6.45) is 0. The van der Waals surface area contributed by atoms with Crippen LogP contribution < -0.4 is 0 Å². The smallest absolute Gasteiger partial charge is 0.220 e. The number of fused-ring (bicyclic) bond motifs is 2. The van der Waals surface area contributed by atoms with Crippen LogP contribution in [0.4, 0.5) is 0 Å². The summed E-state index contributed by atoms with van der Waals surface area (Å²) in [4.78, 5) is 8.81. The van der Waals surface area contributed by atoms with Gasteiger partial charge < -0.3 is 19.7 Å². The van der Waals surface area contributed by atoms with Gasteiger partial charge in [-0.15, -0.1) is 0 Å². The molecule has 0 unspecified atom stereocenters. The number of rotatable bonds is 3. The Bertz CT molecular complexity index is 1340. The van der Waals surface area contributed by atoms with Crippen LogP contribution in [-0.2, 0) is 9.47 Å². The Morgan fingerprint density at radius 2 is 1.06 bits per heavy atom. The van der Waals surface area contributed by atoms with Crippen molar-refractivity contribution in [1.82, 2.24) is 0 Å². The quantitative estimate of drug-likeness (QED) is 0.503. The van der Waals surface area contributed by atoms with Crippen LogP contribution in [0.3, 0.4) is 0 Å². The Balaban J connectivity index is 1.75. The standard InChI is InChI=1S/C26H20N2O4/c29-23-19(25-27-9-11-31-25)13-15-5-1-3-7-17(15)21(23)22-18-8-4-2-6-16(18)14-20(24(22)30)26-28-10-12-32-26/h1-8,13-14,29-30H,9-12H2. The molecule has 0 spiro atoms. The van der Waals surface area contributed by atoms with Gasteiger partial charge in [-0.3, -0.25) is 0 Å². The molecule has 0 aliphatic carbocycles. The van der Waals surface area contributed by atoms with Crippen molar-refractivity contribution in [2.75, 3.05) is 26.3 Å². The minimum Gasteiger partial charge on any atom is -0.506 e. The number of nitrogens with zero attached hydrogens (tertiary/aromatic N) is 2. The number of benzene rings is 4. The van der Waals surface area contributed by atoms with Crippen molar-refractivity contribution in [3.63, 3.8) is 0 Å². The topological polar surface area (TPSA) is 83.6 Å². The Morgan fingerprint density at radius 3 is 1.47 bits per heavy atom. The molecule has 2 aliphatic rings. The molecular formula is C26H20N2O4. The average Bonchev–Trinajstić information content (AvgIpc) is 3.54. The number of aliphatic imine (C=N–C) groups is 2. The molecule has 32 heavy (non-hydrogen) atoms. The van der Waals surface area contributed by atoms with Crippen molar-refractivity contribution in [1.29, 1.82) is 0 Å². The fourth-order valence-corrected chi connectivity index (χ4v) is 4.50. The third-order valence-electron chi connectivity index (χ3n) is 5.93. The highest BCUT2D eigenvalue weighted by Crippen LogP contribution is 2.48. The molecule has 0 radical (unpaired) electrons. The van der Waals surface area contributed by atoms with Crippen molar-refractivity contribution >= 4 is 33.3 Å². The van der Waals surface area contributed by atoms with Gasteiger partial charge in [0.05, 0.1) is 24.2 Å². The first-order valence-electron chi connectivity index (χ1n) is 10.6. The van der Waals surface area contributed by atoms with E-state index < -0.39 is 0 Å². The highest BCUT2D eigenvalue weighted by Gasteiger charge is 2.27. The number of hydrogen-bond donors (Lipinski definition) is 2. The van der Waals surface area contributed by atoms with E-state index in [9.17, 15) is 10.2 Å². The summed E-state index contributed by atoms with van der Waals surface area (Å²) in [5.74, 6) is 0.878. The highest BCUT2D eigenvalue weighted by molar-refractivity contribution is 6.16. The van der Waals surface area contributed by atoms with E-state index in [2.05, 4.69) is 9.98 Å². The van der Waals surface area contributed by atoms with Crippen LogP contribution in [0.15, 0.2) is 70.6 Å². The van der Waals surface area contributed by atoms with E-state index in [0.29, 0.717) is 60.4 Å². The van der Waals surface area contributed by atoms with Crippen molar-refractivity contribution < 1.29 is 19.7 Å². The molecular weight excluding hydrogens is 404 g/mol. The van der Waals surface area contributed by atoms with Gasteiger partial charge in [0.15, 0.2) is 0 Å². The summed E-state index contributed by atoms with van der Waals surface area (Å²) in [6, 6.07) is 19.3. The molecule has 0 amide bonds. The van der Waals surface area contributed by atoms with Crippen LogP contribution in [0.1, 0.15) is 11.1 Å². The third kappa shape index (κ3) is 2.80. The van der Waals surface area contributed by atoms with Gasteiger partial charge in [0, 0.05) is 11.1 Å². The molecule has 6 nitrogen and oxygen atoms in total.